The first-order valence-electron chi connectivity index (χ1n) is 14.7. The molecule has 0 aliphatic carbocycles. The summed E-state index contributed by atoms with van der Waals surface area (Å²) in [7, 11) is 2.00. The minimum absolute atomic E-state index is 0.0576. The lowest BCUT2D eigenvalue weighted by Gasteiger charge is -2.33. The van der Waals surface area contributed by atoms with Crippen molar-refractivity contribution in [2.24, 2.45) is 0 Å². The predicted octanol–water partition coefficient (Wildman–Crippen LogP) is 4.53. The van der Waals surface area contributed by atoms with E-state index in [2.05, 4.69) is 36.9 Å². The Kier molecular flexibility index (Phi) is 8.50. The molecule has 2 fully saturated rings. The number of hydrogen-bond donors (Lipinski definition) is 1. The number of likely N-dealkylation sites (N-methyl/N-ethyl adjacent to an activating group) is 1. The van der Waals surface area contributed by atoms with Gasteiger partial charge in [-0.1, -0.05) is 12.0 Å². The Bertz CT molecular complexity index is 1710. The van der Waals surface area contributed by atoms with Gasteiger partial charge in [0, 0.05) is 69.5 Å². The van der Waals surface area contributed by atoms with Crippen LogP contribution in [0, 0.1) is 11.8 Å². The molecule has 2 aliphatic heterocycles. The molecule has 1 aromatic carbocycles. The van der Waals surface area contributed by atoms with E-state index in [0.29, 0.717) is 30.0 Å². The summed E-state index contributed by atoms with van der Waals surface area (Å²) in [6, 6.07) is 9.38. The second kappa shape index (κ2) is 12.6. The number of hydrogen-bond acceptors (Lipinski definition) is 7. The second-order valence-electron chi connectivity index (χ2n) is 11.3. The van der Waals surface area contributed by atoms with Crippen molar-refractivity contribution in [1.82, 2.24) is 29.4 Å². The fraction of sp³-hybridized carbons (Fsp3) is 0.375. The van der Waals surface area contributed by atoms with Gasteiger partial charge >= 0.3 is 6.18 Å². The number of benzene rings is 1. The summed E-state index contributed by atoms with van der Waals surface area (Å²) in [6.45, 7) is 5.15. The topological polar surface area (TPSA) is 81.9 Å². The summed E-state index contributed by atoms with van der Waals surface area (Å²) in [4.78, 5) is 28.0. The highest BCUT2D eigenvalue weighted by Crippen LogP contribution is 2.34. The van der Waals surface area contributed by atoms with E-state index < -0.39 is 17.6 Å². The van der Waals surface area contributed by atoms with Gasteiger partial charge in [-0.25, -0.2) is 9.50 Å². The van der Waals surface area contributed by atoms with E-state index in [9.17, 15) is 18.0 Å². The van der Waals surface area contributed by atoms with Gasteiger partial charge in [-0.2, -0.15) is 13.2 Å². The smallest absolute Gasteiger partial charge is 0.355 e. The normalized spacial score (nSPS) is 16.5. The van der Waals surface area contributed by atoms with E-state index in [1.54, 1.807) is 16.8 Å². The molecule has 1 N–H and O–H groups in total. The molecule has 0 bridgehead atoms. The standard InChI is InChI=1S/C32H33F3N8O/c1-40-13-15-41(16-14-40)22-24-6-7-26(18-28(24)32(33,34)35)38-31(44)25-17-23(19-36-20-25)5-8-27-21-37-29-9-10-30(39-43(27)29)42-11-3-2-4-12-42/h6-7,9-10,17-21H,2-4,11-16,22H2,1H3,(H,38,44). The van der Waals surface area contributed by atoms with Crippen molar-refractivity contribution in [3.63, 3.8) is 0 Å². The molecule has 2 saturated heterocycles. The van der Waals surface area contributed by atoms with Crippen molar-refractivity contribution in [2.75, 3.05) is 56.5 Å². The zero-order valence-electron chi connectivity index (χ0n) is 24.4. The molecule has 44 heavy (non-hydrogen) atoms. The molecular weight excluding hydrogens is 569 g/mol. The molecule has 6 rings (SSSR count). The molecule has 0 spiro atoms. The van der Waals surface area contributed by atoms with Crippen LogP contribution in [0.4, 0.5) is 24.7 Å². The largest absolute Gasteiger partial charge is 0.416 e. The number of rotatable bonds is 5. The number of aromatic nitrogens is 4. The molecule has 0 unspecified atom stereocenters. The quantitative estimate of drug-likeness (QED) is 0.336. The van der Waals surface area contributed by atoms with E-state index in [-0.39, 0.29) is 23.4 Å². The third-order valence-corrected chi connectivity index (χ3v) is 8.03. The third-order valence-electron chi connectivity index (χ3n) is 8.03. The van der Waals surface area contributed by atoms with Crippen LogP contribution in [0.2, 0.25) is 0 Å². The minimum Gasteiger partial charge on any atom is -0.355 e. The highest BCUT2D eigenvalue weighted by Gasteiger charge is 2.34. The summed E-state index contributed by atoms with van der Waals surface area (Å²) in [5.74, 6) is 6.37. The Hall–Kier alpha value is -4.47. The van der Waals surface area contributed by atoms with Crippen molar-refractivity contribution in [2.45, 2.75) is 32.0 Å². The lowest BCUT2D eigenvalue weighted by atomic mass is 10.0. The Morgan fingerprint density at radius 2 is 1.73 bits per heavy atom. The van der Waals surface area contributed by atoms with Crippen molar-refractivity contribution < 1.29 is 18.0 Å². The van der Waals surface area contributed by atoms with E-state index in [4.69, 9.17) is 5.10 Å². The zero-order chi connectivity index (χ0) is 30.7. The Balaban J connectivity index is 1.17. The number of pyridine rings is 1. The lowest BCUT2D eigenvalue weighted by molar-refractivity contribution is -0.138. The molecule has 228 valence electrons. The summed E-state index contributed by atoms with van der Waals surface area (Å²) in [6.07, 6.45) is 3.47. The Labute approximate surface area is 253 Å². The highest BCUT2D eigenvalue weighted by atomic mass is 19.4. The van der Waals surface area contributed by atoms with Gasteiger partial charge in [0.1, 0.15) is 11.5 Å². The van der Waals surface area contributed by atoms with E-state index in [1.807, 2.05) is 24.1 Å². The molecule has 0 saturated carbocycles. The van der Waals surface area contributed by atoms with Crippen molar-refractivity contribution in [3.05, 3.63) is 82.9 Å². The number of anilines is 2. The summed E-state index contributed by atoms with van der Waals surface area (Å²) in [5, 5.41) is 7.33. The minimum atomic E-state index is -4.55. The first-order chi connectivity index (χ1) is 21.2. The number of carbonyl (C=O) groups excluding carboxylic acids is 1. The van der Waals surface area contributed by atoms with Crippen molar-refractivity contribution in [3.8, 4) is 11.8 Å². The lowest BCUT2D eigenvalue weighted by Crippen LogP contribution is -2.44. The number of imidazole rings is 1. The average Bonchev–Trinajstić information content (AvgIpc) is 3.44. The molecular formula is C32H33F3N8O. The van der Waals surface area contributed by atoms with Crippen molar-refractivity contribution in [1.29, 1.82) is 0 Å². The first kappa shape index (κ1) is 29.6. The fourth-order valence-corrected chi connectivity index (χ4v) is 5.52. The maximum absolute atomic E-state index is 14.0. The van der Waals surface area contributed by atoms with Crippen LogP contribution in [0.3, 0.4) is 0 Å². The van der Waals surface area contributed by atoms with Gasteiger partial charge in [0.05, 0.1) is 17.3 Å². The average molecular weight is 603 g/mol. The zero-order valence-corrected chi connectivity index (χ0v) is 24.4. The van der Waals surface area contributed by atoms with E-state index >= 15 is 0 Å². The Morgan fingerprint density at radius 3 is 2.50 bits per heavy atom. The number of piperazine rings is 1. The monoisotopic (exact) mass is 602 g/mol. The second-order valence-corrected chi connectivity index (χ2v) is 11.3. The number of piperidine rings is 1. The maximum Gasteiger partial charge on any atom is 0.416 e. The molecule has 2 aliphatic rings. The van der Waals surface area contributed by atoms with Gasteiger partial charge < -0.3 is 15.1 Å². The van der Waals surface area contributed by atoms with E-state index in [0.717, 1.165) is 50.9 Å². The molecule has 12 heteroatoms. The Morgan fingerprint density at radius 1 is 0.932 bits per heavy atom. The van der Waals surface area contributed by atoms with E-state index in [1.165, 1.54) is 30.9 Å². The fourth-order valence-electron chi connectivity index (χ4n) is 5.52. The molecule has 9 nitrogen and oxygen atoms in total. The number of fused-ring (bicyclic) bond motifs is 1. The van der Waals surface area contributed by atoms with Gasteiger partial charge in [0.25, 0.3) is 5.91 Å². The van der Waals surface area contributed by atoms with Gasteiger partial charge in [0.2, 0.25) is 0 Å². The van der Waals surface area contributed by atoms with Crippen LogP contribution >= 0.6 is 0 Å². The first-order valence-corrected chi connectivity index (χ1v) is 14.7. The maximum atomic E-state index is 14.0. The van der Waals surface area contributed by atoms with Crippen LogP contribution in [0.15, 0.2) is 55.0 Å². The van der Waals surface area contributed by atoms with Crippen LogP contribution < -0.4 is 10.2 Å². The molecule has 0 atom stereocenters. The van der Waals surface area contributed by atoms with Crippen LogP contribution in [0.5, 0.6) is 0 Å². The van der Waals surface area contributed by atoms with Crippen LogP contribution in [-0.4, -0.2) is 81.6 Å². The van der Waals surface area contributed by atoms with Crippen LogP contribution in [-0.2, 0) is 12.7 Å². The number of amides is 1. The number of nitrogens with one attached hydrogen (secondary N) is 1. The van der Waals surface area contributed by atoms with Gasteiger partial charge in [0.15, 0.2) is 5.65 Å². The molecule has 0 radical (unpaired) electrons. The van der Waals surface area contributed by atoms with Crippen LogP contribution in [0.1, 0.15) is 52.0 Å². The van der Waals surface area contributed by atoms with Crippen LogP contribution in [0.25, 0.3) is 5.65 Å². The van der Waals surface area contributed by atoms with Gasteiger partial charge in [-0.3, -0.25) is 14.7 Å². The summed E-state index contributed by atoms with van der Waals surface area (Å²) < 4.78 is 43.7. The molecule has 5 heterocycles. The van der Waals surface area contributed by atoms with Crippen molar-refractivity contribution >= 4 is 23.1 Å². The summed E-state index contributed by atoms with van der Waals surface area (Å²) in [5.41, 5.74) is 1.40. The number of carbonyl (C=O) groups is 1. The third kappa shape index (κ3) is 6.85. The number of halogens is 3. The number of nitrogens with zero attached hydrogens (tertiary/aromatic N) is 7. The van der Waals surface area contributed by atoms with Gasteiger partial charge in [-0.15, -0.1) is 5.10 Å². The predicted molar refractivity (Wildman–Crippen MR) is 161 cm³/mol. The van der Waals surface area contributed by atoms with Gasteiger partial charge in [-0.05, 0) is 68.1 Å². The molecule has 3 aromatic heterocycles. The summed E-state index contributed by atoms with van der Waals surface area (Å²) >= 11 is 0. The number of alkyl halides is 3. The molecule has 4 aromatic rings. The highest BCUT2D eigenvalue weighted by molar-refractivity contribution is 6.04. The molecule has 1 amide bonds. The SMILES string of the molecule is CN1CCN(Cc2ccc(NC(=O)c3cncc(C#Cc4cnc5ccc(N6CCCCC6)nn45)c3)cc2C(F)(F)F)CC1.